The first-order chi connectivity index (χ1) is 10.1. The maximum absolute atomic E-state index is 11.0. The van der Waals surface area contributed by atoms with Crippen LogP contribution in [0.4, 0.5) is 11.5 Å². The molecule has 0 aliphatic heterocycles. The third kappa shape index (κ3) is 3.65. The molecule has 0 atom stereocenters. The molecule has 7 nitrogen and oxygen atoms in total. The summed E-state index contributed by atoms with van der Waals surface area (Å²) in [7, 11) is 1.53. The fourth-order valence-electron chi connectivity index (χ4n) is 1.77. The van der Waals surface area contributed by atoms with Gasteiger partial charge in [-0.3, -0.25) is 10.1 Å². The number of hydrogen-bond acceptors (Lipinski definition) is 6. The van der Waals surface area contributed by atoms with Gasteiger partial charge < -0.3 is 10.1 Å². The van der Waals surface area contributed by atoms with E-state index < -0.39 is 4.92 Å². The molecule has 2 aromatic heterocycles. The number of methoxy groups -OCH3 is 1. The van der Waals surface area contributed by atoms with Crippen molar-refractivity contribution in [2.45, 2.75) is 13.3 Å². The number of nitrogens with one attached hydrogen (secondary N) is 1. The predicted molar refractivity (Wildman–Crippen MR) is 79.5 cm³/mol. The van der Waals surface area contributed by atoms with Gasteiger partial charge in [0.2, 0.25) is 5.88 Å². The van der Waals surface area contributed by atoms with Crippen molar-refractivity contribution in [3.63, 3.8) is 0 Å². The van der Waals surface area contributed by atoms with Crippen molar-refractivity contribution in [1.82, 2.24) is 9.97 Å². The molecule has 0 spiro atoms. The summed E-state index contributed by atoms with van der Waals surface area (Å²) in [5.41, 5.74) is 1.19. The molecule has 0 saturated carbocycles. The second-order valence-corrected chi connectivity index (χ2v) is 4.37. The van der Waals surface area contributed by atoms with Gasteiger partial charge in [0, 0.05) is 30.4 Å². The number of anilines is 1. The maximum atomic E-state index is 11.0. The Balaban J connectivity index is 2.40. The van der Waals surface area contributed by atoms with Gasteiger partial charge in [-0.1, -0.05) is 6.92 Å². The number of hydrogen-bond donors (Lipinski definition) is 1. The average Bonchev–Trinajstić information content (AvgIpc) is 2.52. The number of nitro groups is 1. The zero-order chi connectivity index (χ0) is 15.2. The number of rotatable bonds is 6. The first-order valence-corrected chi connectivity index (χ1v) is 6.54. The van der Waals surface area contributed by atoms with E-state index in [1.165, 1.54) is 19.2 Å². The normalized spacial score (nSPS) is 10.2. The van der Waals surface area contributed by atoms with E-state index in [1.54, 1.807) is 18.3 Å². The molecule has 21 heavy (non-hydrogen) atoms. The van der Waals surface area contributed by atoms with Crippen LogP contribution >= 0.6 is 0 Å². The summed E-state index contributed by atoms with van der Waals surface area (Å²) in [6.45, 7) is 2.72. The SMILES string of the molecule is CCCNc1cc([N+](=O)[O-])cc(-c2ccc(OC)nc2)n1. The molecule has 0 saturated heterocycles. The minimum atomic E-state index is -0.431. The van der Waals surface area contributed by atoms with E-state index >= 15 is 0 Å². The molecule has 0 radical (unpaired) electrons. The van der Waals surface area contributed by atoms with Crippen LogP contribution in [0.25, 0.3) is 11.3 Å². The Hall–Kier alpha value is -2.70. The lowest BCUT2D eigenvalue weighted by atomic mass is 10.2. The second-order valence-electron chi connectivity index (χ2n) is 4.37. The summed E-state index contributed by atoms with van der Waals surface area (Å²) in [6.07, 6.45) is 2.48. The number of nitrogens with zero attached hydrogens (tertiary/aromatic N) is 3. The predicted octanol–water partition coefficient (Wildman–Crippen LogP) is 2.88. The quantitative estimate of drug-likeness (QED) is 0.649. The van der Waals surface area contributed by atoms with Crippen molar-refractivity contribution >= 4 is 11.5 Å². The number of ether oxygens (including phenoxy) is 1. The van der Waals surface area contributed by atoms with Crippen molar-refractivity contribution in [3.8, 4) is 17.1 Å². The molecule has 0 amide bonds. The minimum Gasteiger partial charge on any atom is -0.481 e. The van der Waals surface area contributed by atoms with E-state index in [9.17, 15) is 10.1 Å². The zero-order valence-electron chi connectivity index (χ0n) is 11.9. The first-order valence-electron chi connectivity index (χ1n) is 6.54. The van der Waals surface area contributed by atoms with Crippen LogP contribution in [0.5, 0.6) is 5.88 Å². The molecule has 7 heteroatoms. The Kier molecular flexibility index (Phi) is 4.65. The van der Waals surface area contributed by atoms with Crippen LogP contribution in [0, 0.1) is 10.1 Å². The molecule has 0 unspecified atom stereocenters. The van der Waals surface area contributed by atoms with Gasteiger partial charge in [-0.15, -0.1) is 0 Å². The van der Waals surface area contributed by atoms with E-state index in [0.717, 1.165) is 6.42 Å². The van der Waals surface area contributed by atoms with Crippen LogP contribution < -0.4 is 10.1 Å². The van der Waals surface area contributed by atoms with Gasteiger partial charge in [0.25, 0.3) is 5.69 Å². The highest BCUT2D eigenvalue weighted by molar-refractivity contribution is 5.64. The van der Waals surface area contributed by atoms with Gasteiger partial charge in [-0.05, 0) is 12.5 Å². The van der Waals surface area contributed by atoms with Crippen molar-refractivity contribution in [3.05, 3.63) is 40.6 Å². The lowest BCUT2D eigenvalue weighted by molar-refractivity contribution is -0.384. The Bertz CT molecular complexity index is 629. The molecule has 1 N–H and O–H groups in total. The summed E-state index contributed by atoms with van der Waals surface area (Å²) < 4.78 is 4.99. The molecule has 0 bridgehead atoms. The summed E-state index contributed by atoms with van der Waals surface area (Å²) in [5.74, 6) is 0.963. The largest absolute Gasteiger partial charge is 0.481 e. The van der Waals surface area contributed by atoms with Gasteiger partial charge in [0.05, 0.1) is 23.8 Å². The molecule has 110 valence electrons. The van der Waals surface area contributed by atoms with E-state index in [2.05, 4.69) is 15.3 Å². The van der Waals surface area contributed by atoms with Gasteiger partial charge in [0.1, 0.15) is 5.82 Å². The average molecular weight is 288 g/mol. The van der Waals surface area contributed by atoms with Crippen LogP contribution in [-0.4, -0.2) is 28.5 Å². The molecule has 2 heterocycles. The van der Waals surface area contributed by atoms with Crippen molar-refractivity contribution in [1.29, 1.82) is 0 Å². The van der Waals surface area contributed by atoms with E-state index in [1.807, 2.05) is 6.92 Å². The van der Waals surface area contributed by atoms with Crippen LogP contribution in [0.15, 0.2) is 30.5 Å². The van der Waals surface area contributed by atoms with Crippen molar-refractivity contribution in [2.24, 2.45) is 0 Å². The third-order valence-electron chi connectivity index (χ3n) is 2.82. The zero-order valence-corrected chi connectivity index (χ0v) is 11.9. The lowest BCUT2D eigenvalue weighted by Gasteiger charge is -2.07. The molecule has 0 aliphatic rings. The van der Waals surface area contributed by atoms with E-state index in [-0.39, 0.29) is 5.69 Å². The van der Waals surface area contributed by atoms with Gasteiger partial charge in [-0.25, -0.2) is 9.97 Å². The number of aromatic nitrogens is 2. The van der Waals surface area contributed by atoms with Crippen molar-refractivity contribution in [2.75, 3.05) is 19.0 Å². The van der Waals surface area contributed by atoms with Gasteiger partial charge >= 0.3 is 0 Å². The Labute approximate surface area is 122 Å². The van der Waals surface area contributed by atoms with Gasteiger partial charge in [0.15, 0.2) is 0 Å². The monoisotopic (exact) mass is 288 g/mol. The van der Waals surface area contributed by atoms with Crippen LogP contribution in [-0.2, 0) is 0 Å². The third-order valence-corrected chi connectivity index (χ3v) is 2.82. The molecular weight excluding hydrogens is 272 g/mol. The summed E-state index contributed by atoms with van der Waals surface area (Å²) in [5, 5.41) is 14.1. The topological polar surface area (TPSA) is 90.2 Å². The molecule has 2 rings (SSSR count). The van der Waals surface area contributed by atoms with Gasteiger partial charge in [-0.2, -0.15) is 0 Å². The van der Waals surface area contributed by atoms with Crippen LogP contribution in [0.1, 0.15) is 13.3 Å². The van der Waals surface area contributed by atoms with Crippen molar-refractivity contribution < 1.29 is 9.66 Å². The molecule has 0 aromatic carbocycles. The minimum absolute atomic E-state index is 0.00517. The fourth-order valence-corrected chi connectivity index (χ4v) is 1.77. The Morgan fingerprint density at radius 1 is 1.38 bits per heavy atom. The standard InChI is InChI=1S/C14H16N4O3/c1-3-6-15-13-8-11(18(19)20)7-12(17-13)10-4-5-14(21-2)16-9-10/h4-5,7-9H,3,6H2,1-2H3,(H,15,17). The summed E-state index contributed by atoms with van der Waals surface area (Å²) >= 11 is 0. The highest BCUT2D eigenvalue weighted by atomic mass is 16.6. The molecular formula is C14H16N4O3. The highest BCUT2D eigenvalue weighted by Gasteiger charge is 2.12. The Morgan fingerprint density at radius 3 is 2.76 bits per heavy atom. The Morgan fingerprint density at radius 2 is 2.19 bits per heavy atom. The summed E-state index contributed by atoms with van der Waals surface area (Å²) in [4.78, 5) is 19.1. The first kappa shape index (κ1) is 14.7. The molecule has 0 fully saturated rings. The molecule has 2 aromatic rings. The van der Waals surface area contributed by atoms with E-state index in [4.69, 9.17) is 4.74 Å². The molecule has 0 aliphatic carbocycles. The van der Waals surface area contributed by atoms with Crippen LogP contribution in [0.3, 0.4) is 0 Å². The van der Waals surface area contributed by atoms with E-state index in [0.29, 0.717) is 29.5 Å². The smallest absolute Gasteiger partial charge is 0.275 e. The summed E-state index contributed by atoms with van der Waals surface area (Å²) in [6, 6.07) is 6.31. The maximum Gasteiger partial charge on any atom is 0.275 e. The lowest BCUT2D eigenvalue weighted by Crippen LogP contribution is -2.03. The van der Waals surface area contributed by atoms with Crippen LogP contribution in [0.2, 0.25) is 0 Å². The second kappa shape index (κ2) is 6.65. The number of pyridine rings is 2. The highest BCUT2D eigenvalue weighted by Crippen LogP contribution is 2.25. The fraction of sp³-hybridized carbons (Fsp3) is 0.286.